The smallest absolute Gasteiger partial charge is 0.123 e. The summed E-state index contributed by atoms with van der Waals surface area (Å²) in [5.74, 6) is -0.190. The minimum absolute atomic E-state index is 0.190. The predicted octanol–water partition coefficient (Wildman–Crippen LogP) is 3.15. The van der Waals surface area contributed by atoms with Gasteiger partial charge in [-0.1, -0.05) is 19.1 Å². The maximum atomic E-state index is 12.9. The Morgan fingerprint density at radius 3 is 2.63 bits per heavy atom. The number of hydrogen-bond donors (Lipinski definition) is 1. The van der Waals surface area contributed by atoms with Crippen LogP contribution in [0.3, 0.4) is 0 Å². The standard InChI is InChI=1S/C15H20FN3/c1-3-15(13-4-6-14(16)7-5-13)18-12(2)10-19-9-8-17-11-19/h4-9,11-12,15,18H,3,10H2,1-2H3. The van der Waals surface area contributed by atoms with Crippen LogP contribution in [-0.2, 0) is 6.54 Å². The minimum Gasteiger partial charge on any atom is -0.336 e. The molecule has 2 rings (SSSR count). The fraction of sp³-hybridized carbons (Fsp3) is 0.400. The first-order chi connectivity index (χ1) is 9.19. The van der Waals surface area contributed by atoms with Gasteiger partial charge in [0, 0.05) is 31.0 Å². The molecule has 3 nitrogen and oxygen atoms in total. The van der Waals surface area contributed by atoms with E-state index < -0.39 is 0 Å². The van der Waals surface area contributed by atoms with E-state index in [0.717, 1.165) is 18.5 Å². The molecule has 2 unspecified atom stereocenters. The Balaban J connectivity index is 1.96. The third-order valence-corrected chi connectivity index (χ3v) is 3.21. The largest absolute Gasteiger partial charge is 0.336 e. The van der Waals surface area contributed by atoms with Gasteiger partial charge in [0.2, 0.25) is 0 Å². The van der Waals surface area contributed by atoms with E-state index in [0.29, 0.717) is 6.04 Å². The molecule has 0 fully saturated rings. The fourth-order valence-corrected chi connectivity index (χ4v) is 2.25. The van der Waals surface area contributed by atoms with Crippen LogP contribution >= 0.6 is 0 Å². The topological polar surface area (TPSA) is 29.9 Å². The monoisotopic (exact) mass is 261 g/mol. The van der Waals surface area contributed by atoms with E-state index in [-0.39, 0.29) is 11.9 Å². The fourth-order valence-electron chi connectivity index (χ4n) is 2.25. The SMILES string of the molecule is CCC(NC(C)Cn1ccnc1)c1ccc(F)cc1. The molecule has 4 heteroatoms. The van der Waals surface area contributed by atoms with Crippen LogP contribution < -0.4 is 5.32 Å². The minimum atomic E-state index is -0.190. The van der Waals surface area contributed by atoms with Crippen molar-refractivity contribution >= 4 is 0 Å². The van der Waals surface area contributed by atoms with Gasteiger partial charge in [-0.2, -0.15) is 0 Å². The molecule has 0 bridgehead atoms. The molecule has 1 aromatic carbocycles. The molecule has 0 aliphatic carbocycles. The van der Waals surface area contributed by atoms with Gasteiger partial charge in [-0.25, -0.2) is 9.37 Å². The van der Waals surface area contributed by atoms with Gasteiger partial charge < -0.3 is 9.88 Å². The lowest BCUT2D eigenvalue weighted by Crippen LogP contribution is -2.33. The molecule has 0 spiro atoms. The molecular formula is C15H20FN3. The maximum absolute atomic E-state index is 12.9. The van der Waals surface area contributed by atoms with Gasteiger partial charge in [-0.3, -0.25) is 0 Å². The summed E-state index contributed by atoms with van der Waals surface area (Å²) >= 11 is 0. The van der Waals surface area contributed by atoms with Crippen molar-refractivity contribution in [2.24, 2.45) is 0 Å². The van der Waals surface area contributed by atoms with Crippen LogP contribution in [0.1, 0.15) is 31.9 Å². The average Bonchev–Trinajstić information content (AvgIpc) is 2.90. The zero-order chi connectivity index (χ0) is 13.7. The van der Waals surface area contributed by atoms with Gasteiger partial charge in [0.1, 0.15) is 5.82 Å². The highest BCUT2D eigenvalue weighted by atomic mass is 19.1. The molecule has 1 aromatic heterocycles. The quantitative estimate of drug-likeness (QED) is 0.865. The van der Waals surface area contributed by atoms with Crippen LogP contribution in [0.25, 0.3) is 0 Å². The molecule has 1 heterocycles. The molecule has 2 atom stereocenters. The Kier molecular flexibility index (Phi) is 4.68. The summed E-state index contributed by atoms with van der Waals surface area (Å²) in [5.41, 5.74) is 1.13. The van der Waals surface area contributed by atoms with E-state index in [9.17, 15) is 4.39 Å². The van der Waals surface area contributed by atoms with Crippen LogP contribution in [0, 0.1) is 5.82 Å². The van der Waals surface area contributed by atoms with Crippen molar-refractivity contribution in [3.8, 4) is 0 Å². The Morgan fingerprint density at radius 2 is 2.05 bits per heavy atom. The van der Waals surface area contributed by atoms with Gasteiger partial charge in [0.15, 0.2) is 0 Å². The van der Waals surface area contributed by atoms with Crippen molar-refractivity contribution < 1.29 is 4.39 Å². The van der Waals surface area contributed by atoms with E-state index >= 15 is 0 Å². The summed E-state index contributed by atoms with van der Waals surface area (Å²) < 4.78 is 15.0. The van der Waals surface area contributed by atoms with E-state index in [1.807, 2.05) is 24.7 Å². The molecule has 0 saturated heterocycles. The molecule has 2 aromatic rings. The first-order valence-corrected chi connectivity index (χ1v) is 6.66. The van der Waals surface area contributed by atoms with Gasteiger partial charge in [0.25, 0.3) is 0 Å². The lowest BCUT2D eigenvalue weighted by Gasteiger charge is -2.23. The summed E-state index contributed by atoms with van der Waals surface area (Å²) in [6.07, 6.45) is 6.53. The lowest BCUT2D eigenvalue weighted by molar-refractivity contribution is 0.406. The molecule has 1 N–H and O–H groups in total. The number of hydrogen-bond acceptors (Lipinski definition) is 2. The Hall–Kier alpha value is -1.68. The van der Waals surface area contributed by atoms with E-state index in [2.05, 4.69) is 28.7 Å². The highest BCUT2D eigenvalue weighted by Gasteiger charge is 2.12. The number of benzene rings is 1. The molecule has 102 valence electrons. The summed E-state index contributed by atoms with van der Waals surface area (Å²) in [7, 11) is 0. The lowest BCUT2D eigenvalue weighted by atomic mass is 10.0. The molecule has 0 saturated carbocycles. The second kappa shape index (κ2) is 6.48. The van der Waals surface area contributed by atoms with Crippen LogP contribution in [0.15, 0.2) is 43.0 Å². The summed E-state index contributed by atoms with van der Waals surface area (Å²) in [6, 6.07) is 7.30. The third kappa shape index (κ3) is 3.89. The molecule has 0 amide bonds. The number of imidazole rings is 1. The van der Waals surface area contributed by atoms with Gasteiger partial charge >= 0.3 is 0 Å². The van der Waals surface area contributed by atoms with E-state index in [1.54, 1.807) is 6.20 Å². The van der Waals surface area contributed by atoms with Crippen molar-refractivity contribution in [3.63, 3.8) is 0 Å². The highest BCUT2D eigenvalue weighted by Crippen LogP contribution is 2.17. The Labute approximate surface area is 113 Å². The molecular weight excluding hydrogens is 241 g/mol. The Bertz CT molecular complexity index is 479. The van der Waals surface area contributed by atoms with Crippen molar-refractivity contribution in [3.05, 3.63) is 54.4 Å². The van der Waals surface area contributed by atoms with Crippen molar-refractivity contribution in [2.75, 3.05) is 0 Å². The second-order valence-corrected chi connectivity index (χ2v) is 4.84. The first-order valence-electron chi connectivity index (χ1n) is 6.66. The van der Waals surface area contributed by atoms with E-state index in [4.69, 9.17) is 0 Å². The summed E-state index contributed by atoms with van der Waals surface area (Å²) in [5, 5.41) is 3.57. The molecule has 0 aliphatic rings. The molecule has 0 aliphatic heterocycles. The zero-order valence-corrected chi connectivity index (χ0v) is 11.4. The maximum Gasteiger partial charge on any atom is 0.123 e. The predicted molar refractivity (Wildman–Crippen MR) is 74.3 cm³/mol. The zero-order valence-electron chi connectivity index (χ0n) is 11.4. The van der Waals surface area contributed by atoms with Crippen molar-refractivity contribution in [1.82, 2.24) is 14.9 Å². The van der Waals surface area contributed by atoms with Crippen LogP contribution in [0.2, 0.25) is 0 Å². The number of nitrogens with one attached hydrogen (secondary N) is 1. The normalized spacial score (nSPS) is 14.3. The van der Waals surface area contributed by atoms with Crippen LogP contribution in [-0.4, -0.2) is 15.6 Å². The Morgan fingerprint density at radius 1 is 1.32 bits per heavy atom. The van der Waals surface area contributed by atoms with Gasteiger partial charge in [-0.05, 0) is 31.0 Å². The molecule has 19 heavy (non-hydrogen) atoms. The number of aromatic nitrogens is 2. The number of nitrogens with zero attached hydrogens (tertiary/aromatic N) is 2. The summed E-state index contributed by atoms with van der Waals surface area (Å²) in [4.78, 5) is 4.04. The number of rotatable bonds is 6. The van der Waals surface area contributed by atoms with Crippen molar-refractivity contribution in [1.29, 1.82) is 0 Å². The third-order valence-electron chi connectivity index (χ3n) is 3.21. The van der Waals surface area contributed by atoms with Crippen LogP contribution in [0.4, 0.5) is 4.39 Å². The second-order valence-electron chi connectivity index (χ2n) is 4.84. The molecule has 0 radical (unpaired) electrons. The van der Waals surface area contributed by atoms with Gasteiger partial charge in [-0.15, -0.1) is 0 Å². The van der Waals surface area contributed by atoms with Crippen LogP contribution in [0.5, 0.6) is 0 Å². The average molecular weight is 261 g/mol. The summed E-state index contributed by atoms with van der Waals surface area (Å²) in [6.45, 7) is 5.15. The number of halogens is 1. The highest BCUT2D eigenvalue weighted by molar-refractivity contribution is 5.19. The van der Waals surface area contributed by atoms with Gasteiger partial charge in [0.05, 0.1) is 6.33 Å². The van der Waals surface area contributed by atoms with E-state index in [1.165, 1.54) is 12.1 Å². The van der Waals surface area contributed by atoms with Crippen molar-refractivity contribution in [2.45, 2.75) is 38.9 Å². The first kappa shape index (κ1) is 13.7.